The Morgan fingerprint density at radius 2 is 1.27 bits per heavy atom. The highest BCUT2D eigenvalue weighted by Crippen LogP contribution is 2.51. The lowest BCUT2D eigenvalue weighted by atomic mass is 10.1. The number of amides is 1. The second-order valence-electron chi connectivity index (χ2n) is 5.80. The molecule has 0 aliphatic carbocycles. The van der Waals surface area contributed by atoms with Crippen LogP contribution in [0.2, 0.25) is 0 Å². The molecular weight excluding hydrogens is 447 g/mol. The van der Waals surface area contributed by atoms with Crippen LogP contribution in [0.3, 0.4) is 0 Å². The van der Waals surface area contributed by atoms with Crippen molar-refractivity contribution >= 4 is 22.4 Å². The molecule has 1 N–H and O–H groups in total. The summed E-state index contributed by atoms with van der Waals surface area (Å²) in [5.74, 6) is -16.6. The van der Waals surface area contributed by atoms with E-state index in [2.05, 4.69) is 4.74 Å². The number of hydrogen-bond acceptors (Lipinski definition) is 2. The molecule has 0 heterocycles. The summed E-state index contributed by atoms with van der Waals surface area (Å²) in [5, 5.41) is 1.95. The number of rotatable bonds is 5. The van der Waals surface area contributed by atoms with Gasteiger partial charge in [0.25, 0.3) is 5.91 Å². The van der Waals surface area contributed by atoms with Crippen LogP contribution in [0.4, 0.5) is 54.0 Å². The molecule has 30 heavy (non-hydrogen) atoms. The van der Waals surface area contributed by atoms with Crippen molar-refractivity contribution in [2.24, 2.45) is 0 Å². The van der Waals surface area contributed by atoms with E-state index in [1.165, 1.54) is 29.6 Å². The average Bonchev–Trinajstić information content (AvgIpc) is 2.59. The summed E-state index contributed by atoms with van der Waals surface area (Å²) in [7, 11) is 0. The highest BCUT2D eigenvalue weighted by atomic mass is 19.4. The number of hydrogen-bond donors (Lipinski definition) is 1. The van der Waals surface area contributed by atoms with Gasteiger partial charge in [-0.15, -0.1) is 0 Å². The number of nitrogens with one attached hydrogen (secondary N) is 1. The average molecular weight is 455 g/mol. The van der Waals surface area contributed by atoms with Crippen molar-refractivity contribution in [2.45, 2.75) is 30.2 Å². The molecular formula is C16H8F11NO2. The highest BCUT2D eigenvalue weighted by Gasteiger charge is 2.79. The molecule has 0 fully saturated rings. The molecule has 0 aromatic heterocycles. The number of fused-ring (bicyclic) bond motifs is 1. The van der Waals surface area contributed by atoms with E-state index in [4.69, 9.17) is 0 Å². The Hall–Kier alpha value is -2.64. The first-order valence-electron chi connectivity index (χ1n) is 7.51. The maximum Gasteiger partial charge on any atom is 0.462 e. The van der Waals surface area contributed by atoms with Crippen molar-refractivity contribution in [3.63, 3.8) is 0 Å². The summed E-state index contributed by atoms with van der Waals surface area (Å²) in [4.78, 5) is 11.7. The van der Waals surface area contributed by atoms with Gasteiger partial charge in [0.05, 0.1) is 0 Å². The fourth-order valence-electron chi connectivity index (χ4n) is 2.12. The van der Waals surface area contributed by atoms with E-state index in [0.717, 1.165) is 12.1 Å². The molecule has 0 spiro atoms. The summed E-state index contributed by atoms with van der Waals surface area (Å²) in [5.41, 5.74) is -0.612. The van der Waals surface area contributed by atoms with Crippen LogP contribution in [-0.4, -0.2) is 36.1 Å². The Kier molecular flexibility index (Phi) is 5.71. The van der Waals surface area contributed by atoms with Gasteiger partial charge in [-0.1, -0.05) is 30.3 Å². The van der Waals surface area contributed by atoms with Crippen LogP contribution in [0.5, 0.6) is 0 Å². The molecule has 3 nitrogen and oxygen atoms in total. The molecule has 2 rings (SSSR count). The number of halogens is 11. The van der Waals surface area contributed by atoms with Crippen LogP contribution < -0.4 is 5.32 Å². The van der Waals surface area contributed by atoms with Crippen LogP contribution in [0.25, 0.3) is 10.8 Å². The summed E-state index contributed by atoms with van der Waals surface area (Å²) < 4.78 is 143. The summed E-state index contributed by atoms with van der Waals surface area (Å²) in [6, 6.07) is 9.03. The van der Waals surface area contributed by atoms with Crippen LogP contribution >= 0.6 is 0 Å². The van der Waals surface area contributed by atoms with Gasteiger partial charge < -0.3 is 5.32 Å². The van der Waals surface area contributed by atoms with Crippen molar-refractivity contribution in [1.82, 2.24) is 0 Å². The van der Waals surface area contributed by atoms with Gasteiger partial charge in [0, 0.05) is 5.69 Å². The minimum atomic E-state index is -7.24. The number of ether oxygens (including phenoxy) is 1. The van der Waals surface area contributed by atoms with Crippen LogP contribution in [0.1, 0.15) is 0 Å². The van der Waals surface area contributed by atoms with Crippen molar-refractivity contribution in [3.05, 3.63) is 42.5 Å². The predicted octanol–water partition coefficient (Wildman–Crippen LogP) is 5.81. The lowest BCUT2D eigenvalue weighted by molar-refractivity contribution is -0.472. The number of carbonyl (C=O) groups excluding carboxylic acids is 1. The van der Waals surface area contributed by atoms with Gasteiger partial charge in [0.2, 0.25) is 0 Å². The zero-order valence-corrected chi connectivity index (χ0v) is 14.0. The van der Waals surface area contributed by atoms with Gasteiger partial charge in [-0.3, -0.25) is 9.53 Å². The zero-order chi connectivity index (χ0) is 23.2. The molecule has 0 saturated heterocycles. The lowest BCUT2D eigenvalue weighted by Crippen LogP contribution is -2.62. The highest BCUT2D eigenvalue weighted by molar-refractivity contribution is 5.98. The Balaban J connectivity index is 2.41. The van der Waals surface area contributed by atoms with Gasteiger partial charge in [0.1, 0.15) is 0 Å². The summed E-state index contributed by atoms with van der Waals surface area (Å²) in [6.45, 7) is 0. The normalized spacial score (nSPS) is 15.7. The molecule has 0 radical (unpaired) electrons. The molecule has 0 saturated carbocycles. The Morgan fingerprint density at radius 3 is 1.77 bits per heavy atom. The van der Waals surface area contributed by atoms with Gasteiger partial charge in [0.15, 0.2) is 0 Å². The predicted molar refractivity (Wildman–Crippen MR) is 79.5 cm³/mol. The molecule has 1 amide bonds. The largest absolute Gasteiger partial charge is 0.462 e. The maximum absolute atomic E-state index is 14.2. The Labute approximate surface area is 159 Å². The monoisotopic (exact) mass is 455 g/mol. The number of benzene rings is 2. The van der Waals surface area contributed by atoms with Gasteiger partial charge in [-0.25, -0.2) is 0 Å². The van der Waals surface area contributed by atoms with E-state index in [1.807, 2.05) is 0 Å². The first kappa shape index (κ1) is 23.6. The third kappa shape index (κ3) is 4.13. The van der Waals surface area contributed by atoms with Gasteiger partial charge >= 0.3 is 30.2 Å². The topological polar surface area (TPSA) is 38.3 Å². The van der Waals surface area contributed by atoms with E-state index in [1.54, 1.807) is 6.07 Å². The fourth-order valence-corrected chi connectivity index (χ4v) is 2.12. The van der Waals surface area contributed by atoms with Crippen molar-refractivity contribution in [3.8, 4) is 0 Å². The third-order valence-electron chi connectivity index (χ3n) is 3.65. The number of alkyl halides is 11. The second-order valence-corrected chi connectivity index (χ2v) is 5.80. The summed E-state index contributed by atoms with van der Waals surface area (Å²) >= 11 is 0. The van der Waals surface area contributed by atoms with E-state index in [9.17, 15) is 53.1 Å². The van der Waals surface area contributed by atoms with Gasteiger partial charge in [-0.05, 0) is 22.9 Å². The third-order valence-corrected chi connectivity index (χ3v) is 3.65. The van der Waals surface area contributed by atoms with Crippen LogP contribution in [-0.2, 0) is 9.53 Å². The minimum absolute atomic E-state index is 0.279. The molecule has 0 aliphatic rings. The molecule has 0 aliphatic heterocycles. The van der Waals surface area contributed by atoms with Crippen molar-refractivity contribution in [1.29, 1.82) is 0 Å². The minimum Gasteiger partial charge on any atom is -0.321 e. The standard InChI is InChI=1S/C16H8F11NO2/c17-12(14(20,21)22,30-16(26,27)13(18,19)15(23,24)25)11(29)28-10-6-5-8-3-1-2-4-9(8)7-10/h1-7H,(H,28,29)/t12-/m1/s1. The van der Waals surface area contributed by atoms with Crippen molar-refractivity contribution in [2.75, 3.05) is 5.32 Å². The van der Waals surface area contributed by atoms with E-state index in [-0.39, 0.29) is 5.39 Å². The molecule has 0 bridgehead atoms. The molecule has 2 aromatic carbocycles. The smallest absolute Gasteiger partial charge is 0.321 e. The SMILES string of the molecule is O=C(Nc1ccc2ccccc2c1)[C@@](F)(OC(F)(F)C(F)(F)C(F)(F)F)C(F)(F)F. The fraction of sp³-hybridized carbons (Fsp3) is 0.312. The quantitative estimate of drug-likeness (QED) is 0.578. The first-order chi connectivity index (χ1) is 13.4. The zero-order valence-electron chi connectivity index (χ0n) is 14.0. The lowest BCUT2D eigenvalue weighted by Gasteiger charge is -2.34. The summed E-state index contributed by atoms with van der Waals surface area (Å²) in [6.07, 6.45) is -21.0. The van der Waals surface area contributed by atoms with Crippen LogP contribution in [0.15, 0.2) is 42.5 Å². The molecule has 1 atom stereocenters. The number of anilines is 1. The van der Waals surface area contributed by atoms with Gasteiger partial charge in [-0.2, -0.15) is 48.3 Å². The first-order valence-corrected chi connectivity index (χ1v) is 7.51. The van der Waals surface area contributed by atoms with E-state index >= 15 is 0 Å². The van der Waals surface area contributed by atoms with E-state index in [0.29, 0.717) is 5.39 Å². The number of carbonyl (C=O) groups is 1. The Morgan fingerprint density at radius 1 is 0.733 bits per heavy atom. The molecule has 14 heteroatoms. The van der Waals surface area contributed by atoms with Crippen molar-refractivity contribution < 1.29 is 57.8 Å². The van der Waals surface area contributed by atoms with Crippen LogP contribution in [0, 0.1) is 0 Å². The molecule has 0 unspecified atom stereocenters. The second kappa shape index (κ2) is 7.25. The van der Waals surface area contributed by atoms with E-state index < -0.39 is 41.8 Å². The maximum atomic E-state index is 14.2. The molecule has 2 aromatic rings. The Bertz CT molecular complexity index is 939. The molecule has 166 valence electrons.